The molecule has 0 bridgehead atoms. The lowest BCUT2D eigenvalue weighted by Crippen LogP contribution is -2.17. The van der Waals surface area contributed by atoms with E-state index in [-0.39, 0.29) is 12.7 Å². The highest BCUT2D eigenvalue weighted by molar-refractivity contribution is 5.77. The molecule has 0 fully saturated rings. The van der Waals surface area contributed by atoms with Crippen LogP contribution in [-0.2, 0) is 9.53 Å². The smallest absolute Gasteiger partial charge is 0.339 e. The highest BCUT2D eigenvalue weighted by Crippen LogP contribution is 2.28. The third-order valence-corrected chi connectivity index (χ3v) is 2.33. The van der Waals surface area contributed by atoms with E-state index in [1.165, 1.54) is 0 Å². The fourth-order valence-corrected chi connectivity index (χ4v) is 1.59. The van der Waals surface area contributed by atoms with Crippen molar-refractivity contribution >= 4 is 5.97 Å². The molecule has 0 saturated carbocycles. The van der Waals surface area contributed by atoms with E-state index in [2.05, 4.69) is 0 Å². The van der Waals surface area contributed by atoms with E-state index in [1.807, 2.05) is 26.8 Å². The normalized spacial score (nSPS) is 12.3. The molecule has 0 spiro atoms. The first-order chi connectivity index (χ1) is 8.45. The second kappa shape index (κ2) is 6.40. The molecule has 0 aromatic heterocycles. The van der Waals surface area contributed by atoms with Gasteiger partial charge in [-0.25, -0.2) is 4.79 Å². The molecule has 0 heterocycles. The SMILES string of the molecule is CCOC(=O)C(O)c1cc(C)ccc1OC(C)C. The van der Waals surface area contributed by atoms with Crippen LogP contribution >= 0.6 is 0 Å². The molecule has 0 radical (unpaired) electrons. The summed E-state index contributed by atoms with van der Waals surface area (Å²) in [5.74, 6) is -0.146. The molecule has 0 aliphatic rings. The van der Waals surface area contributed by atoms with Crippen LogP contribution in [0.3, 0.4) is 0 Å². The first-order valence-electron chi connectivity index (χ1n) is 6.07. The summed E-state index contributed by atoms with van der Waals surface area (Å²) in [7, 11) is 0. The predicted molar refractivity (Wildman–Crippen MR) is 68.5 cm³/mol. The number of hydrogen-bond donors (Lipinski definition) is 1. The zero-order chi connectivity index (χ0) is 13.7. The van der Waals surface area contributed by atoms with Crippen molar-refractivity contribution in [2.24, 2.45) is 0 Å². The quantitative estimate of drug-likeness (QED) is 0.817. The van der Waals surface area contributed by atoms with E-state index in [4.69, 9.17) is 9.47 Å². The minimum Gasteiger partial charge on any atom is -0.491 e. The summed E-state index contributed by atoms with van der Waals surface area (Å²) in [6.45, 7) is 7.61. The van der Waals surface area contributed by atoms with Gasteiger partial charge in [-0.3, -0.25) is 0 Å². The van der Waals surface area contributed by atoms with Gasteiger partial charge in [0.1, 0.15) is 5.75 Å². The highest BCUT2D eigenvalue weighted by Gasteiger charge is 2.23. The van der Waals surface area contributed by atoms with Gasteiger partial charge in [0.25, 0.3) is 0 Å². The summed E-state index contributed by atoms with van der Waals surface area (Å²) >= 11 is 0. The van der Waals surface area contributed by atoms with Crippen molar-refractivity contribution in [3.63, 3.8) is 0 Å². The Labute approximate surface area is 108 Å². The lowest BCUT2D eigenvalue weighted by Gasteiger charge is -2.17. The van der Waals surface area contributed by atoms with Gasteiger partial charge in [0.2, 0.25) is 0 Å². The number of benzene rings is 1. The Morgan fingerprint density at radius 3 is 2.61 bits per heavy atom. The number of aliphatic hydroxyl groups is 1. The van der Waals surface area contributed by atoms with Crippen molar-refractivity contribution in [3.8, 4) is 5.75 Å². The highest BCUT2D eigenvalue weighted by atomic mass is 16.5. The average Bonchev–Trinajstić information content (AvgIpc) is 2.30. The first kappa shape index (κ1) is 14.5. The van der Waals surface area contributed by atoms with Crippen molar-refractivity contribution < 1.29 is 19.4 Å². The molecule has 1 aromatic rings. The van der Waals surface area contributed by atoms with Gasteiger partial charge < -0.3 is 14.6 Å². The maximum Gasteiger partial charge on any atom is 0.339 e. The Morgan fingerprint density at radius 1 is 1.39 bits per heavy atom. The van der Waals surface area contributed by atoms with E-state index in [9.17, 15) is 9.90 Å². The van der Waals surface area contributed by atoms with Crippen molar-refractivity contribution in [2.75, 3.05) is 6.61 Å². The summed E-state index contributed by atoms with van der Waals surface area (Å²) in [5.41, 5.74) is 1.40. The second-order valence-corrected chi connectivity index (χ2v) is 4.36. The maximum absolute atomic E-state index is 11.6. The summed E-state index contributed by atoms with van der Waals surface area (Å²) in [4.78, 5) is 11.6. The van der Waals surface area contributed by atoms with E-state index >= 15 is 0 Å². The molecule has 0 amide bonds. The monoisotopic (exact) mass is 252 g/mol. The average molecular weight is 252 g/mol. The molecule has 4 heteroatoms. The zero-order valence-electron chi connectivity index (χ0n) is 11.3. The number of esters is 1. The molecule has 0 saturated heterocycles. The predicted octanol–water partition coefficient (Wildman–Crippen LogP) is 2.38. The standard InChI is InChI=1S/C14H20O4/c1-5-17-14(16)13(15)11-8-10(4)6-7-12(11)18-9(2)3/h6-9,13,15H,5H2,1-4H3. The van der Waals surface area contributed by atoms with Crippen molar-refractivity contribution in [2.45, 2.75) is 39.9 Å². The van der Waals surface area contributed by atoms with Gasteiger partial charge in [0, 0.05) is 5.56 Å². The minimum atomic E-state index is -1.31. The van der Waals surface area contributed by atoms with Crippen molar-refractivity contribution in [3.05, 3.63) is 29.3 Å². The third-order valence-electron chi connectivity index (χ3n) is 2.33. The first-order valence-corrected chi connectivity index (χ1v) is 6.07. The van der Waals surface area contributed by atoms with Gasteiger partial charge in [0.15, 0.2) is 6.10 Å². The molecule has 100 valence electrons. The number of hydrogen-bond acceptors (Lipinski definition) is 4. The molecule has 0 aliphatic carbocycles. The molecule has 1 unspecified atom stereocenters. The van der Waals surface area contributed by atoms with Crippen LogP contribution in [0.5, 0.6) is 5.75 Å². The van der Waals surface area contributed by atoms with Gasteiger partial charge in [-0.1, -0.05) is 11.6 Å². The van der Waals surface area contributed by atoms with Crippen LogP contribution in [0.15, 0.2) is 18.2 Å². The fourth-order valence-electron chi connectivity index (χ4n) is 1.59. The third kappa shape index (κ3) is 3.74. The summed E-state index contributed by atoms with van der Waals surface area (Å²) in [5, 5.41) is 9.98. The zero-order valence-corrected chi connectivity index (χ0v) is 11.3. The van der Waals surface area contributed by atoms with Crippen LogP contribution in [-0.4, -0.2) is 23.8 Å². The number of rotatable bonds is 5. The van der Waals surface area contributed by atoms with Gasteiger partial charge >= 0.3 is 5.97 Å². The summed E-state index contributed by atoms with van der Waals surface area (Å²) < 4.78 is 10.4. The molecule has 4 nitrogen and oxygen atoms in total. The number of ether oxygens (including phenoxy) is 2. The van der Waals surface area contributed by atoms with Gasteiger partial charge in [-0.05, 0) is 39.8 Å². The number of aliphatic hydroxyl groups excluding tert-OH is 1. The Morgan fingerprint density at radius 2 is 2.06 bits per heavy atom. The second-order valence-electron chi connectivity index (χ2n) is 4.36. The molecular formula is C14H20O4. The van der Waals surface area contributed by atoms with Crippen LogP contribution in [0, 0.1) is 6.92 Å². The van der Waals surface area contributed by atoms with E-state index in [0.717, 1.165) is 5.56 Å². The Hall–Kier alpha value is -1.55. The van der Waals surface area contributed by atoms with Gasteiger partial charge in [0.05, 0.1) is 12.7 Å². The Balaban J connectivity index is 3.04. The van der Waals surface area contributed by atoms with Crippen molar-refractivity contribution in [1.82, 2.24) is 0 Å². The topological polar surface area (TPSA) is 55.8 Å². The summed E-state index contributed by atoms with van der Waals surface area (Å²) in [6.07, 6.45) is -1.33. The Kier molecular flexibility index (Phi) is 5.16. The van der Waals surface area contributed by atoms with Crippen molar-refractivity contribution in [1.29, 1.82) is 0 Å². The van der Waals surface area contributed by atoms with Crippen LogP contribution < -0.4 is 4.74 Å². The lowest BCUT2D eigenvalue weighted by atomic mass is 10.1. The van der Waals surface area contributed by atoms with Crippen LogP contribution in [0.25, 0.3) is 0 Å². The molecular weight excluding hydrogens is 232 g/mol. The van der Waals surface area contributed by atoms with Crippen LogP contribution in [0.1, 0.15) is 38.0 Å². The maximum atomic E-state index is 11.6. The van der Waals surface area contributed by atoms with E-state index in [1.54, 1.807) is 19.1 Å². The van der Waals surface area contributed by atoms with E-state index < -0.39 is 12.1 Å². The Bertz CT molecular complexity index is 412. The molecule has 18 heavy (non-hydrogen) atoms. The molecule has 1 atom stereocenters. The fraction of sp³-hybridized carbons (Fsp3) is 0.500. The number of carbonyl (C=O) groups excluding carboxylic acids is 1. The van der Waals surface area contributed by atoms with Gasteiger partial charge in [-0.15, -0.1) is 0 Å². The molecule has 1 rings (SSSR count). The number of aryl methyl sites for hydroxylation is 1. The minimum absolute atomic E-state index is 0.0270. The van der Waals surface area contributed by atoms with E-state index in [0.29, 0.717) is 11.3 Å². The van der Waals surface area contributed by atoms with Gasteiger partial charge in [-0.2, -0.15) is 0 Å². The largest absolute Gasteiger partial charge is 0.491 e. The lowest BCUT2D eigenvalue weighted by molar-refractivity contribution is -0.153. The number of carbonyl (C=O) groups is 1. The van der Waals surface area contributed by atoms with Crippen LogP contribution in [0.2, 0.25) is 0 Å². The summed E-state index contributed by atoms with van der Waals surface area (Å²) in [6, 6.07) is 5.37. The molecule has 1 N–H and O–H groups in total. The van der Waals surface area contributed by atoms with Crippen LogP contribution in [0.4, 0.5) is 0 Å². The molecule has 0 aliphatic heterocycles. The molecule has 1 aromatic carbocycles.